The van der Waals surface area contributed by atoms with Gasteiger partial charge in [-0.05, 0) is 25.7 Å². The van der Waals surface area contributed by atoms with Crippen molar-refractivity contribution in [1.29, 1.82) is 0 Å². The van der Waals surface area contributed by atoms with Gasteiger partial charge in [0.05, 0.1) is 0 Å². The molecule has 1 saturated carbocycles. The Hall–Kier alpha value is -0.260. The number of allylic oxidation sites excluding steroid dienone is 2. The molecule has 0 aromatic rings. The van der Waals surface area contributed by atoms with Crippen molar-refractivity contribution in [2.24, 2.45) is 5.92 Å². The molecule has 0 aliphatic heterocycles. The highest BCUT2D eigenvalue weighted by molar-refractivity contribution is 4.89. The molecular weight excluding hydrogens is 84.1 g/mol. The average molecular weight is 96.2 g/mol. The van der Waals surface area contributed by atoms with E-state index in [2.05, 4.69) is 19.1 Å². The predicted octanol–water partition coefficient (Wildman–Crippen LogP) is 2.36. The van der Waals surface area contributed by atoms with Gasteiger partial charge in [0.25, 0.3) is 0 Å². The van der Waals surface area contributed by atoms with E-state index in [1.165, 1.54) is 19.3 Å². The first kappa shape index (κ1) is 4.89. The van der Waals surface area contributed by atoms with E-state index >= 15 is 0 Å². The Labute approximate surface area is 45.2 Å². The highest BCUT2D eigenvalue weighted by atomic mass is 14.2. The number of rotatable bonds is 1. The number of hydrogen-bond acceptors (Lipinski definition) is 0. The van der Waals surface area contributed by atoms with E-state index in [1.54, 1.807) is 0 Å². The van der Waals surface area contributed by atoms with Crippen molar-refractivity contribution in [2.45, 2.75) is 26.2 Å². The molecule has 0 heterocycles. The molecule has 1 fully saturated rings. The van der Waals surface area contributed by atoms with Crippen LogP contribution >= 0.6 is 0 Å². The van der Waals surface area contributed by atoms with Gasteiger partial charge in [-0.3, -0.25) is 0 Å². The van der Waals surface area contributed by atoms with Crippen LogP contribution < -0.4 is 0 Å². The van der Waals surface area contributed by atoms with Crippen molar-refractivity contribution in [3.05, 3.63) is 12.2 Å². The van der Waals surface area contributed by atoms with E-state index < -0.39 is 0 Å². The summed E-state index contributed by atoms with van der Waals surface area (Å²) in [5.41, 5.74) is 0. The van der Waals surface area contributed by atoms with E-state index in [0.717, 1.165) is 5.92 Å². The van der Waals surface area contributed by atoms with Crippen LogP contribution in [0.3, 0.4) is 0 Å². The molecule has 0 aromatic carbocycles. The molecule has 1 rings (SSSR count). The van der Waals surface area contributed by atoms with Crippen molar-refractivity contribution < 1.29 is 0 Å². The van der Waals surface area contributed by atoms with Crippen LogP contribution in [0.25, 0.3) is 0 Å². The zero-order valence-corrected chi connectivity index (χ0v) is 4.85. The molecule has 7 heavy (non-hydrogen) atoms. The summed E-state index contributed by atoms with van der Waals surface area (Å²) < 4.78 is 0. The van der Waals surface area contributed by atoms with Crippen molar-refractivity contribution in [3.8, 4) is 0 Å². The highest BCUT2D eigenvalue weighted by Crippen LogP contribution is 2.26. The molecule has 0 saturated heterocycles. The summed E-state index contributed by atoms with van der Waals surface area (Å²) in [5.74, 6) is 0.949. The molecule has 0 radical (unpaired) electrons. The molecule has 0 atom stereocenters. The van der Waals surface area contributed by atoms with Crippen LogP contribution in [0.5, 0.6) is 0 Å². The van der Waals surface area contributed by atoms with Gasteiger partial charge in [0.15, 0.2) is 0 Å². The van der Waals surface area contributed by atoms with E-state index in [9.17, 15) is 0 Å². The molecule has 0 bridgehead atoms. The van der Waals surface area contributed by atoms with E-state index in [4.69, 9.17) is 0 Å². The third-order valence-corrected chi connectivity index (χ3v) is 1.61. The van der Waals surface area contributed by atoms with Gasteiger partial charge in [-0.1, -0.05) is 18.6 Å². The average Bonchev–Trinajstić information content (AvgIpc) is 1.55. The smallest absolute Gasteiger partial charge is 0.0234 e. The maximum atomic E-state index is 2.31. The summed E-state index contributed by atoms with van der Waals surface area (Å²) >= 11 is 0. The zero-order chi connectivity index (χ0) is 5.11. The fraction of sp³-hybridized carbons (Fsp3) is 0.714. The fourth-order valence-corrected chi connectivity index (χ4v) is 0.904. The highest BCUT2D eigenvalue weighted by Gasteiger charge is 2.12. The van der Waals surface area contributed by atoms with Crippen LogP contribution in [-0.2, 0) is 0 Å². The lowest BCUT2D eigenvalue weighted by molar-refractivity contribution is 0.387. The van der Waals surface area contributed by atoms with Gasteiger partial charge in [0, 0.05) is 0 Å². The van der Waals surface area contributed by atoms with Crippen molar-refractivity contribution in [1.82, 2.24) is 0 Å². The Morgan fingerprint density at radius 3 is 2.29 bits per heavy atom. The quantitative estimate of drug-likeness (QED) is 0.439. The van der Waals surface area contributed by atoms with Crippen LogP contribution in [0.1, 0.15) is 26.2 Å². The fourth-order valence-electron chi connectivity index (χ4n) is 0.904. The Kier molecular flexibility index (Phi) is 1.50. The lowest BCUT2D eigenvalue weighted by Gasteiger charge is -2.20. The number of hydrogen-bond donors (Lipinski definition) is 0. The lowest BCUT2D eigenvalue weighted by Crippen LogP contribution is -2.06. The lowest BCUT2D eigenvalue weighted by atomic mass is 9.85. The molecule has 1 aliphatic rings. The summed E-state index contributed by atoms with van der Waals surface area (Å²) in [6, 6.07) is 0. The van der Waals surface area contributed by atoms with Gasteiger partial charge in [-0.15, -0.1) is 0 Å². The van der Waals surface area contributed by atoms with Crippen molar-refractivity contribution >= 4 is 0 Å². The molecule has 0 aromatic heterocycles. The van der Waals surface area contributed by atoms with E-state index in [1.807, 2.05) is 0 Å². The summed E-state index contributed by atoms with van der Waals surface area (Å²) in [7, 11) is 0. The summed E-state index contributed by atoms with van der Waals surface area (Å²) in [4.78, 5) is 0. The first-order valence-electron chi connectivity index (χ1n) is 3.06. The third kappa shape index (κ3) is 1.05. The Morgan fingerprint density at radius 1 is 1.43 bits per heavy atom. The van der Waals surface area contributed by atoms with Crippen LogP contribution in [0.2, 0.25) is 0 Å². The molecule has 0 nitrogen and oxygen atoms in total. The molecule has 0 N–H and O–H groups in total. The van der Waals surface area contributed by atoms with E-state index in [-0.39, 0.29) is 0 Å². The monoisotopic (exact) mass is 96.1 g/mol. The largest absolute Gasteiger partial charge is 0.0914 e. The van der Waals surface area contributed by atoms with Gasteiger partial charge < -0.3 is 0 Å². The Morgan fingerprint density at radius 2 is 2.14 bits per heavy atom. The van der Waals surface area contributed by atoms with Gasteiger partial charge in [-0.25, -0.2) is 0 Å². The second-order valence-electron chi connectivity index (χ2n) is 2.22. The molecule has 40 valence electrons. The van der Waals surface area contributed by atoms with Gasteiger partial charge >= 0.3 is 0 Å². The maximum Gasteiger partial charge on any atom is -0.0234 e. The van der Waals surface area contributed by atoms with Crippen molar-refractivity contribution in [3.63, 3.8) is 0 Å². The van der Waals surface area contributed by atoms with Crippen LogP contribution in [0, 0.1) is 5.92 Å². The maximum absolute atomic E-state index is 2.31. The predicted molar refractivity (Wildman–Crippen MR) is 32.2 cm³/mol. The minimum Gasteiger partial charge on any atom is -0.0914 e. The second kappa shape index (κ2) is 2.15. The first-order valence-corrected chi connectivity index (χ1v) is 3.06. The SMILES string of the molecule is C/C=C\C1CCC1. The van der Waals surface area contributed by atoms with Crippen LogP contribution in [0.4, 0.5) is 0 Å². The van der Waals surface area contributed by atoms with Gasteiger partial charge in [-0.2, -0.15) is 0 Å². The summed E-state index contributed by atoms with van der Waals surface area (Å²) in [6.45, 7) is 2.10. The molecule has 0 amide bonds. The molecule has 0 spiro atoms. The molecule has 1 aliphatic carbocycles. The normalized spacial score (nSPS) is 23.0. The van der Waals surface area contributed by atoms with Gasteiger partial charge in [0.1, 0.15) is 0 Å². The first-order chi connectivity index (χ1) is 3.43. The van der Waals surface area contributed by atoms with Crippen LogP contribution in [-0.4, -0.2) is 0 Å². The van der Waals surface area contributed by atoms with Gasteiger partial charge in [0.2, 0.25) is 0 Å². The minimum atomic E-state index is 0.949. The minimum absolute atomic E-state index is 0.949. The third-order valence-electron chi connectivity index (χ3n) is 1.61. The van der Waals surface area contributed by atoms with E-state index in [0.29, 0.717) is 0 Å². The topological polar surface area (TPSA) is 0 Å². The standard InChI is InChI=1S/C7H12/c1-2-4-7-5-3-6-7/h2,4,7H,3,5-6H2,1H3/b4-2-. The second-order valence-corrected chi connectivity index (χ2v) is 2.22. The Balaban J connectivity index is 2.14. The zero-order valence-electron chi connectivity index (χ0n) is 4.85. The van der Waals surface area contributed by atoms with Crippen molar-refractivity contribution in [2.75, 3.05) is 0 Å². The molecular formula is C7H12. The molecule has 0 unspecified atom stereocenters. The summed E-state index contributed by atoms with van der Waals surface area (Å²) in [5, 5.41) is 0. The van der Waals surface area contributed by atoms with Crippen LogP contribution in [0.15, 0.2) is 12.2 Å². The summed E-state index contributed by atoms with van der Waals surface area (Å²) in [6.07, 6.45) is 8.79. The molecule has 0 heteroatoms. The Bertz CT molecular complexity index is 68.1.